The molecule has 1 N–H and O–H groups in total. The van der Waals surface area contributed by atoms with Crippen LogP contribution in [-0.2, 0) is 7.05 Å². The molecule has 0 saturated heterocycles. The molecule has 0 bridgehead atoms. The number of hydrogen-bond acceptors (Lipinski definition) is 4. The molecule has 1 aromatic heterocycles. The summed E-state index contributed by atoms with van der Waals surface area (Å²) < 4.78 is 1.78. The van der Waals surface area contributed by atoms with Crippen LogP contribution < -0.4 is 5.32 Å². The Morgan fingerprint density at radius 3 is 2.79 bits per heavy atom. The molecule has 1 saturated carbocycles. The van der Waals surface area contributed by atoms with Crippen LogP contribution in [0.4, 0.5) is 11.6 Å². The quantitative estimate of drug-likeness (QED) is 0.671. The Labute approximate surface area is 113 Å². The van der Waals surface area contributed by atoms with Gasteiger partial charge in [0.25, 0.3) is 0 Å². The predicted molar refractivity (Wildman–Crippen MR) is 74.3 cm³/mol. The van der Waals surface area contributed by atoms with Crippen molar-refractivity contribution in [1.29, 1.82) is 0 Å². The van der Waals surface area contributed by atoms with Crippen LogP contribution in [0.3, 0.4) is 0 Å². The number of nitrogens with zero attached hydrogens (tertiary/aromatic N) is 3. The average Bonchev–Trinajstić information content (AvgIpc) is 2.68. The van der Waals surface area contributed by atoms with E-state index in [1.807, 2.05) is 7.05 Å². The number of aromatic nitrogens is 2. The molecule has 0 aliphatic heterocycles. The van der Waals surface area contributed by atoms with Gasteiger partial charge >= 0.3 is 5.82 Å². The molecule has 2 atom stereocenters. The van der Waals surface area contributed by atoms with Crippen LogP contribution in [0.2, 0.25) is 0 Å². The lowest BCUT2D eigenvalue weighted by Gasteiger charge is -2.31. The number of hydrogen-bond donors (Lipinski definition) is 1. The maximum Gasteiger partial charge on any atom is 0.406 e. The van der Waals surface area contributed by atoms with Gasteiger partial charge in [-0.15, -0.1) is 0 Å². The average molecular weight is 266 g/mol. The minimum atomic E-state index is -0.404. The van der Waals surface area contributed by atoms with Gasteiger partial charge in [0.05, 0.1) is 0 Å². The lowest BCUT2D eigenvalue weighted by molar-refractivity contribution is -0.388. The van der Waals surface area contributed by atoms with Crippen LogP contribution in [0, 0.1) is 23.0 Å². The summed E-state index contributed by atoms with van der Waals surface area (Å²) in [5, 5.41) is 14.4. The Bertz CT molecular complexity index is 469. The number of anilines is 1. The number of nitrogens with one attached hydrogen (secondary N) is 1. The molecule has 1 aromatic rings. The van der Waals surface area contributed by atoms with E-state index in [0.717, 1.165) is 12.8 Å². The first kappa shape index (κ1) is 13.8. The van der Waals surface area contributed by atoms with Crippen molar-refractivity contribution in [3.63, 3.8) is 0 Å². The third kappa shape index (κ3) is 2.72. The second-order valence-electron chi connectivity index (χ2n) is 5.35. The molecule has 1 heterocycles. The van der Waals surface area contributed by atoms with E-state index in [-0.39, 0.29) is 5.82 Å². The molecule has 1 aliphatic rings. The fraction of sp³-hybridized carbons (Fsp3) is 0.769. The van der Waals surface area contributed by atoms with Gasteiger partial charge in [0.2, 0.25) is 11.6 Å². The zero-order valence-corrected chi connectivity index (χ0v) is 11.8. The van der Waals surface area contributed by atoms with Crippen LogP contribution in [0.1, 0.15) is 44.9 Å². The Balaban J connectivity index is 2.24. The van der Waals surface area contributed by atoms with Gasteiger partial charge in [-0.1, -0.05) is 26.2 Å². The molecule has 2 unspecified atom stereocenters. The molecule has 0 radical (unpaired) electrons. The molecule has 1 fully saturated rings. The molecule has 106 valence electrons. The standard InChI is InChI=1S/C13H22N4O2/c1-4-10-7-5-6-8-11(10)15-12-13(17(18)19)14-9(2)16(12)3/h10-11,15H,4-8H2,1-3H3. The normalized spacial score (nSPS) is 23.3. The van der Waals surface area contributed by atoms with Crippen molar-refractivity contribution < 1.29 is 4.92 Å². The Morgan fingerprint density at radius 2 is 2.16 bits per heavy atom. The van der Waals surface area contributed by atoms with Crippen molar-refractivity contribution in [1.82, 2.24) is 9.55 Å². The van der Waals surface area contributed by atoms with Gasteiger partial charge in [0, 0.05) is 20.0 Å². The van der Waals surface area contributed by atoms with Crippen LogP contribution in [-0.4, -0.2) is 20.5 Å². The van der Waals surface area contributed by atoms with Crippen molar-refractivity contribution >= 4 is 11.6 Å². The number of nitro groups is 1. The van der Waals surface area contributed by atoms with Crippen molar-refractivity contribution in [3.05, 3.63) is 15.9 Å². The number of rotatable bonds is 4. The second-order valence-corrected chi connectivity index (χ2v) is 5.35. The highest BCUT2D eigenvalue weighted by atomic mass is 16.6. The van der Waals surface area contributed by atoms with Crippen molar-refractivity contribution in [2.75, 3.05) is 5.32 Å². The highest BCUT2D eigenvalue weighted by Gasteiger charge is 2.29. The summed E-state index contributed by atoms with van der Waals surface area (Å²) in [6, 6.07) is 0.326. The monoisotopic (exact) mass is 266 g/mol. The fourth-order valence-electron chi connectivity index (χ4n) is 2.94. The van der Waals surface area contributed by atoms with E-state index in [1.54, 1.807) is 11.5 Å². The van der Waals surface area contributed by atoms with E-state index in [2.05, 4.69) is 17.2 Å². The summed E-state index contributed by atoms with van der Waals surface area (Å²) in [6.45, 7) is 3.98. The van der Waals surface area contributed by atoms with E-state index in [0.29, 0.717) is 23.6 Å². The van der Waals surface area contributed by atoms with E-state index in [1.165, 1.54) is 19.3 Å². The van der Waals surface area contributed by atoms with Crippen LogP contribution in [0.5, 0.6) is 0 Å². The van der Waals surface area contributed by atoms with Gasteiger partial charge in [-0.25, -0.2) is 0 Å². The van der Waals surface area contributed by atoms with Crippen LogP contribution in [0.25, 0.3) is 0 Å². The zero-order chi connectivity index (χ0) is 14.0. The highest BCUT2D eigenvalue weighted by Crippen LogP contribution is 2.32. The van der Waals surface area contributed by atoms with Gasteiger partial charge in [-0.3, -0.25) is 4.57 Å². The molecule has 19 heavy (non-hydrogen) atoms. The van der Waals surface area contributed by atoms with E-state index >= 15 is 0 Å². The molecular weight excluding hydrogens is 244 g/mol. The predicted octanol–water partition coefficient (Wildman–Crippen LogP) is 3.02. The van der Waals surface area contributed by atoms with E-state index in [9.17, 15) is 10.1 Å². The first-order chi connectivity index (χ1) is 9.04. The molecule has 1 aliphatic carbocycles. The van der Waals surface area contributed by atoms with E-state index < -0.39 is 4.92 Å². The summed E-state index contributed by atoms with van der Waals surface area (Å²) in [5.41, 5.74) is 0. The molecule has 0 amide bonds. The van der Waals surface area contributed by atoms with Crippen LogP contribution >= 0.6 is 0 Å². The third-order valence-corrected chi connectivity index (χ3v) is 4.23. The van der Waals surface area contributed by atoms with Gasteiger partial charge in [-0.2, -0.15) is 0 Å². The summed E-state index contributed by atoms with van der Waals surface area (Å²) in [4.78, 5) is 14.7. The third-order valence-electron chi connectivity index (χ3n) is 4.23. The second kappa shape index (κ2) is 5.59. The lowest BCUT2D eigenvalue weighted by atomic mass is 9.83. The molecular formula is C13H22N4O2. The molecule has 0 aromatic carbocycles. The van der Waals surface area contributed by atoms with Gasteiger partial charge in [0.15, 0.2) is 0 Å². The Hall–Kier alpha value is -1.59. The van der Waals surface area contributed by atoms with Gasteiger partial charge < -0.3 is 15.4 Å². The smallest absolute Gasteiger partial charge is 0.361 e. The first-order valence-electron chi connectivity index (χ1n) is 6.98. The van der Waals surface area contributed by atoms with Gasteiger partial charge in [-0.05, 0) is 28.7 Å². The maximum absolute atomic E-state index is 11.1. The van der Waals surface area contributed by atoms with Crippen LogP contribution in [0.15, 0.2) is 0 Å². The first-order valence-corrected chi connectivity index (χ1v) is 6.98. The lowest BCUT2D eigenvalue weighted by Crippen LogP contribution is -2.32. The minimum absolute atomic E-state index is 0.0552. The van der Waals surface area contributed by atoms with Crippen molar-refractivity contribution in [2.45, 2.75) is 52.0 Å². The molecule has 2 rings (SSSR count). The molecule has 6 heteroatoms. The van der Waals surface area contributed by atoms with E-state index in [4.69, 9.17) is 0 Å². The minimum Gasteiger partial charge on any atom is -0.361 e. The summed E-state index contributed by atoms with van der Waals surface area (Å²) >= 11 is 0. The molecule has 6 nitrogen and oxygen atoms in total. The fourth-order valence-corrected chi connectivity index (χ4v) is 2.94. The Morgan fingerprint density at radius 1 is 1.47 bits per heavy atom. The van der Waals surface area contributed by atoms with Gasteiger partial charge in [0.1, 0.15) is 0 Å². The summed E-state index contributed by atoms with van der Waals surface area (Å²) in [6.07, 6.45) is 5.86. The Kier molecular flexibility index (Phi) is 4.07. The topological polar surface area (TPSA) is 73.0 Å². The number of imidazole rings is 1. The van der Waals surface area contributed by atoms with Crippen molar-refractivity contribution in [2.24, 2.45) is 13.0 Å². The SMILES string of the molecule is CCC1CCCCC1Nc1c([N+](=O)[O-])nc(C)n1C. The number of aryl methyl sites for hydroxylation is 1. The zero-order valence-electron chi connectivity index (χ0n) is 11.8. The van der Waals surface area contributed by atoms with Crippen molar-refractivity contribution in [3.8, 4) is 0 Å². The maximum atomic E-state index is 11.1. The highest BCUT2D eigenvalue weighted by molar-refractivity contribution is 5.54. The summed E-state index contributed by atoms with van der Waals surface area (Å²) in [5.74, 6) is 1.76. The summed E-state index contributed by atoms with van der Waals surface area (Å²) in [7, 11) is 1.82. The largest absolute Gasteiger partial charge is 0.406 e. The molecule has 0 spiro atoms.